The molecule has 4 aromatic rings. The molecule has 0 spiro atoms. The Hall–Kier alpha value is -3.66. The van der Waals surface area contributed by atoms with Gasteiger partial charge >= 0.3 is 0 Å². The van der Waals surface area contributed by atoms with Gasteiger partial charge in [-0.2, -0.15) is 5.10 Å². The Morgan fingerprint density at radius 3 is 2.72 bits per heavy atom. The largest absolute Gasteiger partial charge is 0.438 e. The molecule has 9 nitrogen and oxygen atoms in total. The predicted octanol–water partition coefficient (Wildman–Crippen LogP) is 2.96. The summed E-state index contributed by atoms with van der Waals surface area (Å²) in [4.78, 5) is 16.5. The van der Waals surface area contributed by atoms with Gasteiger partial charge in [0.25, 0.3) is 5.91 Å². The summed E-state index contributed by atoms with van der Waals surface area (Å²) in [7, 11) is 1.64. The maximum Gasteiger partial charge on any atom is 0.274 e. The first kappa shape index (κ1) is 20.1. The number of hydrogen-bond acceptors (Lipinski definition) is 6. The molecule has 0 radical (unpaired) electrons. The van der Waals surface area contributed by atoms with Crippen molar-refractivity contribution in [2.24, 2.45) is 7.05 Å². The van der Waals surface area contributed by atoms with Crippen molar-refractivity contribution < 1.29 is 13.9 Å². The summed E-state index contributed by atoms with van der Waals surface area (Å²) in [6.45, 7) is 1.77. The monoisotopic (exact) mass is 417 g/mol. The van der Waals surface area contributed by atoms with E-state index in [2.05, 4.69) is 20.5 Å². The molecule has 3 aromatic heterocycles. The number of ether oxygens (including phenoxy) is 1. The van der Waals surface area contributed by atoms with Gasteiger partial charge in [-0.05, 0) is 31.2 Å². The summed E-state index contributed by atoms with van der Waals surface area (Å²) in [5.74, 6) is -0.173. The zero-order valence-corrected chi connectivity index (χ0v) is 16.3. The lowest BCUT2D eigenvalue weighted by atomic mass is 10.2. The molecule has 4 rings (SSSR count). The topological polar surface area (TPSA) is 112 Å². The van der Waals surface area contributed by atoms with E-state index in [9.17, 15) is 9.18 Å². The molecule has 3 N–H and O–H groups in total. The normalized spacial score (nSPS) is 10.6. The van der Waals surface area contributed by atoms with E-state index in [1.165, 1.54) is 27.4 Å². The van der Waals surface area contributed by atoms with E-state index < -0.39 is 11.7 Å². The Morgan fingerprint density at radius 1 is 1.21 bits per heavy atom. The molecule has 0 aliphatic carbocycles. The van der Waals surface area contributed by atoms with E-state index in [1.54, 1.807) is 38.4 Å². The molecular formula is C18H17ClFN7O2. The van der Waals surface area contributed by atoms with Crippen molar-refractivity contribution in [2.75, 3.05) is 11.1 Å². The Morgan fingerprint density at radius 2 is 2.00 bits per heavy atom. The number of nitrogens with two attached hydrogens (primary N) is 1. The molecule has 0 fully saturated rings. The fraction of sp³-hybridized carbons (Fsp3) is 0.111. The van der Waals surface area contributed by atoms with Gasteiger partial charge in [-0.25, -0.2) is 13.9 Å². The molecule has 150 valence electrons. The summed E-state index contributed by atoms with van der Waals surface area (Å²) >= 11 is 0. The lowest BCUT2D eigenvalue weighted by molar-refractivity contribution is 0.101. The van der Waals surface area contributed by atoms with Crippen LogP contribution in [0.1, 0.15) is 16.2 Å². The van der Waals surface area contributed by atoms with Gasteiger partial charge in [0.2, 0.25) is 5.88 Å². The standard InChI is InChI=1S/C18H16FN7O2.ClH/c1-10-7-14(25(2)23-10)18(27)21-13-8-11(3-4-12(13)19)28-17-6-5-16-22-15(20)9-26(16)24-17;/h3-9H,20H2,1-2H3,(H,21,27);1H. The van der Waals surface area contributed by atoms with Gasteiger partial charge in [-0.15, -0.1) is 17.5 Å². The fourth-order valence-corrected chi connectivity index (χ4v) is 2.73. The summed E-state index contributed by atoms with van der Waals surface area (Å²) in [5, 5.41) is 10.9. The van der Waals surface area contributed by atoms with E-state index in [0.29, 0.717) is 28.6 Å². The van der Waals surface area contributed by atoms with E-state index in [-0.39, 0.29) is 24.0 Å². The minimum absolute atomic E-state index is 0. The fourth-order valence-electron chi connectivity index (χ4n) is 2.73. The van der Waals surface area contributed by atoms with Gasteiger partial charge in [-0.1, -0.05) is 0 Å². The zero-order chi connectivity index (χ0) is 19.8. The van der Waals surface area contributed by atoms with Crippen LogP contribution in [0, 0.1) is 12.7 Å². The minimum Gasteiger partial charge on any atom is -0.438 e. The number of rotatable bonds is 4. The SMILES string of the molecule is Cc1cc(C(=O)Nc2cc(Oc3ccc4nc(N)cn4n3)ccc2F)n(C)n1.Cl. The number of aromatic nitrogens is 5. The lowest BCUT2D eigenvalue weighted by Gasteiger charge is -2.10. The first-order valence-electron chi connectivity index (χ1n) is 8.30. The van der Waals surface area contributed by atoms with E-state index in [1.807, 2.05) is 0 Å². The summed E-state index contributed by atoms with van der Waals surface area (Å²) in [5.41, 5.74) is 7.19. The summed E-state index contributed by atoms with van der Waals surface area (Å²) in [6.07, 6.45) is 1.55. The van der Waals surface area contributed by atoms with Crippen LogP contribution in [-0.2, 0) is 7.05 Å². The highest BCUT2D eigenvalue weighted by Crippen LogP contribution is 2.26. The molecular weight excluding hydrogens is 401 g/mol. The second kappa shape index (κ2) is 7.76. The van der Waals surface area contributed by atoms with Crippen molar-refractivity contribution in [3.05, 3.63) is 59.8 Å². The average Bonchev–Trinajstić information content (AvgIpc) is 3.17. The van der Waals surface area contributed by atoms with E-state index >= 15 is 0 Å². The van der Waals surface area contributed by atoms with Crippen LogP contribution in [0.15, 0.2) is 42.6 Å². The molecule has 0 bridgehead atoms. The summed E-state index contributed by atoms with van der Waals surface area (Å²) in [6, 6.07) is 8.94. The first-order chi connectivity index (χ1) is 13.4. The van der Waals surface area contributed by atoms with Crippen LogP contribution in [0.5, 0.6) is 11.6 Å². The molecule has 11 heteroatoms. The van der Waals surface area contributed by atoms with Crippen LogP contribution in [-0.4, -0.2) is 30.3 Å². The van der Waals surface area contributed by atoms with Crippen LogP contribution in [0.25, 0.3) is 5.65 Å². The molecule has 0 saturated carbocycles. The van der Waals surface area contributed by atoms with Crippen molar-refractivity contribution >= 4 is 35.5 Å². The molecule has 1 aromatic carbocycles. The first-order valence-corrected chi connectivity index (χ1v) is 8.30. The van der Waals surface area contributed by atoms with Crippen molar-refractivity contribution in [1.29, 1.82) is 0 Å². The van der Waals surface area contributed by atoms with Crippen molar-refractivity contribution in [3.63, 3.8) is 0 Å². The highest BCUT2D eigenvalue weighted by molar-refractivity contribution is 6.03. The lowest BCUT2D eigenvalue weighted by Crippen LogP contribution is -2.16. The molecule has 0 atom stereocenters. The quantitative estimate of drug-likeness (QED) is 0.528. The number of nitrogens with one attached hydrogen (secondary N) is 1. The van der Waals surface area contributed by atoms with E-state index in [4.69, 9.17) is 10.5 Å². The number of nitrogens with zero attached hydrogens (tertiary/aromatic N) is 5. The summed E-state index contributed by atoms with van der Waals surface area (Å²) < 4.78 is 22.7. The van der Waals surface area contributed by atoms with Gasteiger partial charge in [0, 0.05) is 19.2 Å². The van der Waals surface area contributed by atoms with Crippen LogP contribution in [0.4, 0.5) is 15.9 Å². The third-order valence-electron chi connectivity index (χ3n) is 3.96. The smallest absolute Gasteiger partial charge is 0.274 e. The van der Waals surface area contributed by atoms with Crippen molar-refractivity contribution in [2.45, 2.75) is 6.92 Å². The number of carbonyl (C=O) groups excluding carboxylic acids is 1. The molecule has 0 saturated heterocycles. The average molecular weight is 418 g/mol. The maximum atomic E-state index is 14.2. The third kappa shape index (κ3) is 4.11. The number of carbonyl (C=O) groups is 1. The van der Waals surface area contributed by atoms with Gasteiger partial charge in [0.05, 0.1) is 17.6 Å². The number of anilines is 2. The Balaban J connectivity index is 0.00000240. The number of amides is 1. The second-order valence-corrected chi connectivity index (χ2v) is 6.13. The second-order valence-electron chi connectivity index (χ2n) is 6.13. The van der Waals surface area contributed by atoms with Crippen molar-refractivity contribution in [1.82, 2.24) is 24.4 Å². The molecule has 29 heavy (non-hydrogen) atoms. The van der Waals surface area contributed by atoms with Crippen LogP contribution in [0.2, 0.25) is 0 Å². The van der Waals surface area contributed by atoms with E-state index in [0.717, 1.165) is 0 Å². The van der Waals surface area contributed by atoms with Gasteiger partial charge in [0.1, 0.15) is 23.1 Å². The van der Waals surface area contributed by atoms with Crippen LogP contribution < -0.4 is 15.8 Å². The Bertz CT molecular complexity index is 1200. The van der Waals surface area contributed by atoms with Gasteiger partial charge in [-0.3, -0.25) is 9.48 Å². The Labute approximate surface area is 170 Å². The molecule has 0 aliphatic rings. The number of halogens is 2. The van der Waals surface area contributed by atoms with Crippen molar-refractivity contribution in [3.8, 4) is 11.6 Å². The number of nitrogen functional groups attached to an aromatic ring is 1. The third-order valence-corrected chi connectivity index (χ3v) is 3.96. The molecule has 1 amide bonds. The molecule has 3 heterocycles. The van der Waals surface area contributed by atoms with Gasteiger partial charge < -0.3 is 15.8 Å². The number of aryl methyl sites for hydroxylation is 2. The predicted molar refractivity (Wildman–Crippen MR) is 107 cm³/mol. The number of fused-ring (bicyclic) bond motifs is 1. The van der Waals surface area contributed by atoms with Crippen LogP contribution in [0.3, 0.4) is 0 Å². The number of benzene rings is 1. The highest BCUT2D eigenvalue weighted by atomic mass is 35.5. The van der Waals surface area contributed by atoms with Crippen LogP contribution >= 0.6 is 12.4 Å². The van der Waals surface area contributed by atoms with Gasteiger partial charge in [0.15, 0.2) is 5.65 Å². The highest BCUT2D eigenvalue weighted by Gasteiger charge is 2.15. The number of imidazole rings is 1. The molecule has 0 aliphatic heterocycles. The zero-order valence-electron chi connectivity index (χ0n) is 15.5. The minimum atomic E-state index is -0.592. The number of hydrogen-bond donors (Lipinski definition) is 2. The Kier molecular flexibility index (Phi) is 5.37. The molecule has 0 unspecified atom stereocenters. The maximum absolute atomic E-state index is 14.2.